The summed E-state index contributed by atoms with van der Waals surface area (Å²) in [7, 11) is 0. The van der Waals surface area contributed by atoms with Crippen LogP contribution in [0.2, 0.25) is 0 Å². The zero-order chi connectivity index (χ0) is 14.0. The van der Waals surface area contributed by atoms with Crippen molar-refractivity contribution in [3.63, 3.8) is 0 Å². The smallest absolute Gasteiger partial charge is 0.251 e. The van der Waals surface area contributed by atoms with E-state index in [0.717, 1.165) is 19.5 Å². The van der Waals surface area contributed by atoms with Gasteiger partial charge >= 0.3 is 0 Å². The second kappa shape index (κ2) is 5.77. The Bertz CT molecular complexity index is 449. The van der Waals surface area contributed by atoms with Crippen LogP contribution in [0.4, 0.5) is 19.0 Å². The fourth-order valence-electron chi connectivity index (χ4n) is 2.63. The van der Waals surface area contributed by atoms with Crippen molar-refractivity contribution in [3.05, 3.63) is 23.6 Å². The average Bonchev–Trinajstić information content (AvgIpc) is 2.85. The lowest BCUT2D eigenvalue weighted by atomic mass is 10.2. The Hall–Kier alpha value is -1.30. The monoisotopic (exact) mass is 273 g/mol. The molecule has 1 fully saturated rings. The lowest BCUT2D eigenvalue weighted by molar-refractivity contribution is 0.232. The Labute approximate surface area is 111 Å². The molecule has 2 rings (SSSR count). The van der Waals surface area contributed by atoms with E-state index in [9.17, 15) is 13.2 Å². The van der Waals surface area contributed by atoms with Gasteiger partial charge in [0.1, 0.15) is 0 Å². The predicted molar refractivity (Wildman–Crippen MR) is 67.7 cm³/mol. The molecule has 6 heteroatoms. The summed E-state index contributed by atoms with van der Waals surface area (Å²) in [5.41, 5.74) is 0. The molecular formula is C13H18F3N3. The first-order chi connectivity index (χ1) is 9.06. The first-order valence-electron chi connectivity index (χ1n) is 6.57. The first kappa shape index (κ1) is 14.1. The maximum atomic E-state index is 13.6. The number of anilines is 1. The van der Waals surface area contributed by atoms with Gasteiger partial charge in [-0.05, 0) is 19.5 Å². The highest BCUT2D eigenvalue weighted by molar-refractivity contribution is 5.41. The van der Waals surface area contributed by atoms with E-state index in [-0.39, 0.29) is 5.82 Å². The van der Waals surface area contributed by atoms with Gasteiger partial charge in [-0.2, -0.15) is 9.37 Å². The minimum absolute atomic E-state index is 0.0893. The number of aromatic nitrogens is 1. The number of nitrogens with zero attached hydrogens (tertiary/aromatic N) is 3. The van der Waals surface area contributed by atoms with Crippen molar-refractivity contribution in [3.8, 4) is 0 Å². The van der Waals surface area contributed by atoms with Gasteiger partial charge in [0.15, 0.2) is 17.5 Å². The molecule has 0 N–H and O–H groups in total. The van der Waals surface area contributed by atoms with E-state index in [1.807, 2.05) is 0 Å². The fraction of sp³-hybridized carbons (Fsp3) is 0.615. The molecule has 3 nitrogen and oxygen atoms in total. The van der Waals surface area contributed by atoms with E-state index < -0.39 is 17.6 Å². The van der Waals surface area contributed by atoms with Gasteiger partial charge in [-0.25, -0.2) is 8.78 Å². The van der Waals surface area contributed by atoms with Gasteiger partial charge in [0.2, 0.25) is 0 Å². The molecule has 1 aliphatic rings. The summed E-state index contributed by atoms with van der Waals surface area (Å²) < 4.78 is 39.6. The van der Waals surface area contributed by atoms with Crippen LogP contribution >= 0.6 is 0 Å². The van der Waals surface area contributed by atoms with Crippen molar-refractivity contribution < 1.29 is 13.2 Å². The first-order valence-corrected chi connectivity index (χ1v) is 6.57. The van der Waals surface area contributed by atoms with Gasteiger partial charge in [0.25, 0.3) is 5.95 Å². The molecule has 0 amide bonds. The quantitative estimate of drug-likeness (QED) is 0.785. The standard InChI is InChI=1S/C13H18F3N3/c1-3-18(4-2)9-5-6-19(8-9)13-11(15)7-10(14)12(16)17-13/h7,9H,3-6,8H2,1-2H3. The zero-order valence-corrected chi connectivity index (χ0v) is 11.2. The number of rotatable bonds is 4. The topological polar surface area (TPSA) is 19.4 Å². The number of hydrogen-bond donors (Lipinski definition) is 0. The lowest BCUT2D eigenvalue weighted by Crippen LogP contribution is -2.37. The van der Waals surface area contributed by atoms with Crippen molar-refractivity contribution in [2.45, 2.75) is 26.3 Å². The van der Waals surface area contributed by atoms with Gasteiger partial charge < -0.3 is 4.90 Å². The van der Waals surface area contributed by atoms with Crippen molar-refractivity contribution in [1.29, 1.82) is 0 Å². The highest BCUT2D eigenvalue weighted by atomic mass is 19.2. The summed E-state index contributed by atoms with van der Waals surface area (Å²) in [4.78, 5) is 7.35. The number of likely N-dealkylation sites (N-methyl/N-ethyl adjacent to an activating group) is 1. The largest absolute Gasteiger partial charge is 0.352 e. The molecule has 1 aliphatic heterocycles. The van der Waals surface area contributed by atoms with Crippen LogP contribution in [0, 0.1) is 17.6 Å². The van der Waals surface area contributed by atoms with E-state index in [2.05, 4.69) is 23.7 Å². The minimum atomic E-state index is -1.25. The molecule has 0 aromatic carbocycles. The van der Waals surface area contributed by atoms with Crippen LogP contribution in [0.5, 0.6) is 0 Å². The van der Waals surface area contributed by atoms with Crippen LogP contribution in [-0.4, -0.2) is 42.1 Å². The van der Waals surface area contributed by atoms with Gasteiger partial charge in [-0.3, -0.25) is 4.90 Å². The normalized spacial score (nSPS) is 19.5. The highest BCUT2D eigenvalue weighted by Crippen LogP contribution is 2.24. The molecule has 1 aromatic heterocycles. The van der Waals surface area contributed by atoms with Crippen LogP contribution in [0.3, 0.4) is 0 Å². The van der Waals surface area contributed by atoms with Gasteiger partial charge in [-0.1, -0.05) is 13.8 Å². The van der Waals surface area contributed by atoms with Crippen LogP contribution in [0.15, 0.2) is 6.07 Å². The molecule has 19 heavy (non-hydrogen) atoms. The van der Waals surface area contributed by atoms with E-state index in [4.69, 9.17) is 0 Å². The Morgan fingerprint density at radius 3 is 2.58 bits per heavy atom. The second-order valence-electron chi connectivity index (χ2n) is 4.68. The molecule has 106 valence electrons. The summed E-state index contributed by atoms with van der Waals surface area (Å²) in [6, 6.07) is 0.867. The van der Waals surface area contributed by atoms with Gasteiger partial charge in [0.05, 0.1) is 0 Å². The Morgan fingerprint density at radius 1 is 1.26 bits per heavy atom. The van der Waals surface area contributed by atoms with E-state index >= 15 is 0 Å². The third-order valence-electron chi connectivity index (χ3n) is 3.66. The molecule has 0 radical (unpaired) electrons. The Kier molecular flexibility index (Phi) is 4.29. The molecular weight excluding hydrogens is 255 g/mol. The van der Waals surface area contributed by atoms with Crippen molar-refractivity contribution in [2.24, 2.45) is 0 Å². The molecule has 0 bridgehead atoms. The van der Waals surface area contributed by atoms with Gasteiger partial charge in [-0.15, -0.1) is 0 Å². The number of hydrogen-bond acceptors (Lipinski definition) is 3. The van der Waals surface area contributed by atoms with Crippen molar-refractivity contribution in [1.82, 2.24) is 9.88 Å². The average molecular weight is 273 g/mol. The maximum absolute atomic E-state index is 13.6. The third-order valence-corrected chi connectivity index (χ3v) is 3.66. The summed E-state index contributed by atoms with van der Waals surface area (Å²) in [6.07, 6.45) is 0.877. The highest BCUT2D eigenvalue weighted by Gasteiger charge is 2.29. The van der Waals surface area contributed by atoms with E-state index in [0.29, 0.717) is 25.2 Å². The minimum Gasteiger partial charge on any atom is -0.352 e. The molecule has 1 saturated heterocycles. The summed E-state index contributed by atoms with van der Waals surface area (Å²) in [5.74, 6) is -3.39. The molecule has 0 saturated carbocycles. The Balaban J connectivity index is 2.15. The zero-order valence-electron chi connectivity index (χ0n) is 11.2. The van der Waals surface area contributed by atoms with Crippen LogP contribution in [-0.2, 0) is 0 Å². The second-order valence-corrected chi connectivity index (χ2v) is 4.68. The van der Waals surface area contributed by atoms with Crippen LogP contribution in [0.1, 0.15) is 20.3 Å². The van der Waals surface area contributed by atoms with Gasteiger partial charge in [0, 0.05) is 25.2 Å². The SMILES string of the molecule is CCN(CC)C1CCN(c2nc(F)c(F)cc2F)C1. The van der Waals surface area contributed by atoms with Crippen molar-refractivity contribution >= 4 is 5.82 Å². The molecule has 1 unspecified atom stereocenters. The lowest BCUT2D eigenvalue weighted by Gasteiger charge is -2.26. The molecule has 1 atom stereocenters. The third kappa shape index (κ3) is 2.83. The summed E-state index contributed by atoms with van der Waals surface area (Å²) in [6.45, 7) is 7.18. The summed E-state index contributed by atoms with van der Waals surface area (Å²) in [5, 5.41) is 0. The Morgan fingerprint density at radius 2 is 1.95 bits per heavy atom. The molecule has 0 aliphatic carbocycles. The van der Waals surface area contributed by atoms with Crippen LogP contribution < -0.4 is 4.90 Å². The van der Waals surface area contributed by atoms with E-state index in [1.165, 1.54) is 0 Å². The molecule has 1 aromatic rings. The predicted octanol–water partition coefficient (Wildman–Crippen LogP) is 2.42. The van der Waals surface area contributed by atoms with Crippen LogP contribution in [0.25, 0.3) is 0 Å². The molecule has 0 spiro atoms. The molecule has 2 heterocycles. The van der Waals surface area contributed by atoms with E-state index in [1.54, 1.807) is 4.90 Å². The fourth-order valence-corrected chi connectivity index (χ4v) is 2.63. The maximum Gasteiger partial charge on any atom is 0.251 e. The van der Waals surface area contributed by atoms with Crippen molar-refractivity contribution in [2.75, 3.05) is 31.1 Å². The number of pyridine rings is 1. The summed E-state index contributed by atoms with van der Waals surface area (Å²) >= 11 is 0. The number of halogens is 3.